The highest BCUT2D eigenvalue weighted by atomic mass is 16.3. The van der Waals surface area contributed by atoms with Crippen LogP contribution >= 0.6 is 0 Å². The fraction of sp³-hybridized carbons (Fsp3) is 0.417. The van der Waals surface area contributed by atoms with E-state index >= 15 is 0 Å². The number of urea groups is 1. The van der Waals surface area contributed by atoms with Crippen molar-refractivity contribution in [1.29, 1.82) is 0 Å². The molecule has 2 heterocycles. The lowest BCUT2D eigenvalue weighted by atomic mass is 9.73. The average Bonchev–Trinajstić information content (AvgIpc) is 2.96. The van der Waals surface area contributed by atoms with Crippen LogP contribution < -0.4 is 10.2 Å². The first-order chi connectivity index (χ1) is 14.5. The molecule has 4 rings (SSSR count). The van der Waals surface area contributed by atoms with Gasteiger partial charge in [0.25, 0.3) is 5.91 Å². The number of unbranched alkanes of at least 4 members (excludes halogenated alkanes) is 2. The predicted molar refractivity (Wildman–Crippen MR) is 117 cm³/mol. The second-order valence-electron chi connectivity index (χ2n) is 8.09. The van der Waals surface area contributed by atoms with Gasteiger partial charge in [0, 0.05) is 23.5 Å². The molecule has 30 heavy (non-hydrogen) atoms. The Morgan fingerprint density at radius 3 is 2.30 bits per heavy atom. The fourth-order valence-corrected chi connectivity index (χ4v) is 4.87. The van der Waals surface area contributed by atoms with Gasteiger partial charge in [0.2, 0.25) is 5.72 Å². The third kappa shape index (κ3) is 2.67. The van der Waals surface area contributed by atoms with Crippen molar-refractivity contribution in [3.63, 3.8) is 0 Å². The van der Waals surface area contributed by atoms with E-state index in [1.165, 1.54) is 4.90 Å². The highest BCUT2D eigenvalue weighted by Crippen LogP contribution is 2.55. The summed E-state index contributed by atoms with van der Waals surface area (Å²) in [4.78, 5) is 30.5. The minimum atomic E-state index is -1.80. The second-order valence-corrected chi connectivity index (χ2v) is 8.09. The molecule has 2 aliphatic heterocycles. The van der Waals surface area contributed by atoms with E-state index in [1.807, 2.05) is 43.3 Å². The molecule has 2 N–H and O–H groups in total. The lowest BCUT2D eigenvalue weighted by Gasteiger charge is -2.49. The lowest BCUT2D eigenvalue weighted by molar-refractivity contribution is -0.144. The van der Waals surface area contributed by atoms with Gasteiger partial charge in [-0.1, -0.05) is 69.5 Å². The van der Waals surface area contributed by atoms with Crippen LogP contribution in [-0.4, -0.2) is 34.0 Å². The summed E-state index contributed by atoms with van der Waals surface area (Å²) in [5.74, 6) is -0.319. The minimum Gasteiger partial charge on any atom is -0.364 e. The molecule has 0 bridgehead atoms. The molecule has 0 aliphatic carbocycles. The topological polar surface area (TPSA) is 72.9 Å². The van der Waals surface area contributed by atoms with Gasteiger partial charge in [-0.2, -0.15) is 0 Å². The van der Waals surface area contributed by atoms with Gasteiger partial charge in [0.1, 0.15) is 0 Å². The van der Waals surface area contributed by atoms with E-state index in [4.69, 9.17) is 0 Å². The van der Waals surface area contributed by atoms with Crippen LogP contribution in [0.15, 0.2) is 54.6 Å². The third-order valence-corrected chi connectivity index (χ3v) is 6.35. The molecule has 158 valence electrons. The Balaban J connectivity index is 2.01. The summed E-state index contributed by atoms with van der Waals surface area (Å²) >= 11 is 0. The summed E-state index contributed by atoms with van der Waals surface area (Å²) in [6.07, 6.45) is 3.60. The standard InChI is InChI=1S/C24H29N3O3/c1-3-5-16-23-21(28)25-20-15-11-10-14-19(20)24(23,30)27(18-12-8-7-9-13-18)22(29)26(23)17-6-4-2/h7-15,30H,3-6,16-17H2,1-2H3,(H,25,28)/t23-,24-/m1/s1. The van der Waals surface area contributed by atoms with E-state index in [-0.39, 0.29) is 11.9 Å². The number of fused-ring (bicyclic) bond motifs is 3. The maximum absolute atomic E-state index is 13.8. The lowest BCUT2D eigenvalue weighted by Crippen LogP contribution is -2.68. The van der Waals surface area contributed by atoms with Crippen LogP contribution in [0, 0.1) is 0 Å². The van der Waals surface area contributed by atoms with Crippen LogP contribution in [0.3, 0.4) is 0 Å². The Labute approximate surface area is 177 Å². The minimum absolute atomic E-state index is 0.319. The Kier molecular flexibility index (Phi) is 5.28. The highest BCUT2D eigenvalue weighted by Gasteiger charge is 2.73. The number of rotatable bonds is 7. The zero-order valence-corrected chi connectivity index (χ0v) is 17.6. The van der Waals surface area contributed by atoms with Gasteiger partial charge in [-0.3, -0.25) is 9.69 Å². The third-order valence-electron chi connectivity index (χ3n) is 6.35. The Morgan fingerprint density at radius 1 is 0.933 bits per heavy atom. The fourth-order valence-electron chi connectivity index (χ4n) is 4.87. The smallest absolute Gasteiger partial charge is 0.328 e. The zero-order valence-electron chi connectivity index (χ0n) is 17.6. The number of hydrogen-bond donors (Lipinski definition) is 2. The highest BCUT2D eigenvalue weighted by molar-refractivity contribution is 6.12. The van der Waals surface area contributed by atoms with Crippen molar-refractivity contribution in [2.45, 2.75) is 57.2 Å². The molecule has 2 aliphatic rings. The summed E-state index contributed by atoms with van der Waals surface area (Å²) in [7, 11) is 0. The molecule has 3 amide bonds. The van der Waals surface area contributed by atoms with Crippen molar-refractivity contribution in [3.05, 3.63) is 60.2 Å². The van der Waals surface area contributed by atoms with E-state index in [2.05, 4.69) is 12.2 Å². The summed E-state index contributed by atoms with van der Waals surface area (Å²) in [5, 5.41) is 15.5. The number of hydrogen-bond acceptors (Lipinski definition) is 3. The number of carbonyl (C=O) groups is 2. The predicted octanol–water partition coefficient (Wildman–Crippen LogP) is 4.46. The number of amides is 3. The van der Waals surface area contributed by atoms with Crippen molar-refractivity contribution in [2.24, 2.45) is 0 Å². The monoisotopic (exact) mass is 407 g/mol. The van der Waals surface area contributed by atoms with E-state index in [0.29, 0.717) is 29.9 Å². The molecule has 6 heteroatoms. The van der Waals surface area contributed by atoms with Gasteiger partial charge in [0.05, 0.1) is 0 Å². The van der Waals surface area contributed by atoms with Gasteiger partial charge < -0.3 is 15.3 Å². The van der Waals surface area contributed by atoms with Crippen molar-refractivity contribution in [3.8, 4) is 0 Å². The number of anilines is 2. The van der Waals surface area contributed by atoms with Crippen LogP contribution in [0.2, 0.25) is 0 Å². The second kappa shape index (κ2) is 7.76. The number of nitrogens with zero attached hydrogens (tertiary/aromatic N) is 2. The molecule has 2 aromatic rings. The van der Waals surface area contributed by atoms with Crippen molar-refractivity contribution >= 4 is 23.3 Å². The zero-order chi connectivity index (χ0) is 21.4. The molecular weight excluding hydrogens is 378 g/mol. The largest absolute Gasteiger partial charge is 0.364 e. The molecule has 0 radical (unpaired) electrons. The Morgan fingerprint density at radius 2 is 1.60 bits per heavy atom. The van der Waals surface area contributed by atoms with Crippen LogP contribution in [0.5, 0.6) is 0 Å². The van der Waals surface area contributed by atoms with Gasteiger partial charge in [-0.15, -0.1) is 0 Å². The molecule has 1 fully saturated rings. The average molecular weight is 408 g/mol. The molecule has 1 saturated heterocycles. The van der Waals surface area contributed by atoms with Crippen LogP contribution in [-0.2, 0) is 10.5 Å². The summed E-state index contributed by atoms with van der Waals surface area (Å²) in [6.45, 7) is 4.52. The van der Waals surface area contributed by atoms with E-state index < -0.39 is 11.3 Å². The van der Waals surface area contributed by atoms with Crippen molar-refractivity contribution < 1.29 is 14.7 Å². The molecule has 0 aromatic heterocycles. The van der Waals surface area contributed by atoms with Gasteiger partial charge >= 0.3 is 6.03 Å². The molecule has 2 atom stereocenters. The van der Waals surface area contributed by atoms with E-state index in [1.54, 1.807) is 23.1 Å². The molecule has 0 spiro atoms. The number of para-hydroxylation sites is 2. The molecule has 0 unspecified atom stereocenters. The number of aliphatic hydroxyl groups is 1. The van der Waals surface area contributed by atoms with Crippen LogP contribution in [0.25, 0.3) is 0 Å². The maximum atomic E-state index is 13.8. The first-order valence-electron chi connectivity index (χ1n) is 10.8. The van der Waals surface area contributed by atoms with Gasteiger partial charge in [-0.05, 0) is 31.0 Å². The van der Waals surface area contributed by atoms with Crippen LogP contribution in [0.1, 0.15) is 51.5 Å². The summed E-state index contributed by atoms with van der Waals surface area (Å²) in [5.41, 5.74) is -1.51. The van der Waals surface area contributed by atoms with Gasteiger partial charge in [0.15, 0.2) is 5.54 Å². The normalized spacial score (nSPS) is 25.2. The van der Waals surface area contributed by atoms with Gasteiger partial charge in [-0.25, -0.2) is 4.79 Å². The quantitative estimate of drug-likeness (QED) is 0.712. The van der Waals surface area contributed by atoms with E-state index in [9.17, 15) is 14.7 Å². The van der Waals surface area contributed by atoms with Crippen molar-refractivity contribution in [1.82, 2.24) is 4.90 Å². The Hall–Kier alpha value is -2.86. The molecular formula is C24H29N3O3. The first kappa shape index (κ1) is 20.4. The molecule has 6 nitrogen and oxygen atoms in total. The van der Waals surface area contributed by atoms with E-state index in [0.717, 1.165) is 25.7 Å². The van der Waals surface area contributed by atoms with Crippen molar-refractivity contribution in [2.75, 3.05) is 16.8 Å². The van der Waals surface area contributed by atoms with Crippen LogP contribution in [0.4, 0.5) is 16.2 Å². The number of benzene rings is 2. The maximum Gasteiger partial charge on any atom is 0.328 e. The SMILES string of the molecule is CCCCN1C(=O)N(c2ccccc2)[C@@]2(O)c3ccccc3NC(=O)[C@@]12CCCC. The summed E-state index contributed by atoms with van der Waals surface area (Å²) < 4.78 is 0. The Bertz CT molecular complexity index is 948. The first-order valence-corrected chi connectivity index (χ1v) is 10.8. The molecule has 2 aromatic carbocycles. The molecule has 0 saturated carbocycles. The number of carbonyl (C=O) groups excluding carboxylic acids is 2. The summed E-state index contributed by atoms with van der Waals surface area (Å²) in [6, 6.07) is 16.1. The number of nitrogens with one attached hydrogen (secondary N) is 1.